The third kappa shape index (κ3) is 1.76. The highest BCUT2D eigenvalue weighted by Gasteiger charge is 2.22. The second-order valence-corrected chi connectivity index (χ2v) is 3.86. The summed E-state index contributed by atoms with van der Waals surface area (Å²) in [5, 5.41) is 0. The van der Waals surface area contributed by atoms with Crippen molar-refractivity contribution in [3.63, 3.8) is 0 Å². The van der Waals surface area contributed by atoms with Crippen LogP contribution in [0.15, 0.2) is 0 Å². The van der Waals surface area contributed by atoms with Crippen molar-refractivity contribution in [3.05, 3.63) is 6.42 Å². The molecule has 1 heteroatoms. The Bertz CT molecular complexity index is 110. The fourth-order valence-corrected chi connectivity index (χ4v) is 2.38. The molecule has 1 aliphatic heterocycles. The van der Waals surface area contributed by atoms with Crippen molar-refractivity contribution in [1.29, 1.82) is 0 Å². The molecule has 0 bridgehead atoms. The zero-order valence-corrected chi connectivity index (χ0v) is 7.26. The summed E-state index contributed by atoms with van der Waals surface area (Å²) in [7, 11) is 0. The third-order valence-corrected chi connectivity index (χ3v) is 3.08. The Morgan fingerprint density at radius 2 is 1.91 bits per heavy atom. The fraction of sp³-hybridized carbons (Fsp3) is 0.900. The van der Waals surface area contributed by atoms with Crippen molar-refractivity contribution in [1.82, 2.24) is 4.90 Å². The van der Waals surface area contributed by atoms with Crippen LogP contribution in [0.4, 0.5) is 0 Å². The van der Waals surface area contributed by atoms with E-state index >= 15 is 0 Å². The van der Waals surface area contributed by atoms with Gasteiger partial charge in [0.25, 0.3) is 0 Å². The van der Waals surface area contributed by atoms with E-state index in [1.807, 2.05) is 0 Å². The van der Waals surface area contributed by atoms with Gasteiger partial charge in [0.2, 0.25) is 0 Å². The third-order valence-electron chi connectivity index (χ3n) is 3.08. The van der Waals surface area contributed by atoms with Gasteiger partial charge in [0.1, 0.15) is 0 Å². The molecule has 1 radical (unpaired) electrons. The van der Waals surface area contributed by atoms with Crippen LogP contribution >= 0.6 is 0 Å². The molecule has 2 fully saturated rings. The topological polar surface area (TPSA) is 3.24 Å². The van der Waals surface area contributed by atoms with E-state index in [1.165, 1.54) is 51.6 Å². The highest BCUT2D eigenvalue weighted by molar-refractivity contribution is 4.86. The van der Waals surface area contributed by atoms with Gasteiger partial charge in [0.15, 0.2) is 0 Å². The maximum atomic E-state index is 2.67. The second kappa shape index (κ2) is 3.57. The number of nitrogens with zero attached hydrogens (tertiary/aromatic N) is 1. The molecule has 1 saturated heterocycles. The Kier molecular flexibility index (Phi) is 2.47. The molecule has 0 aromatic rings. The number of hydrogen-bond acceptors (Lipinski definition) is 1. The zero-order chi connectivity index (χ0) is 7.52. The molecule has 1 saturated carbocycles. The van der Waals surface area contributed by atoms with Crippen molar-refractivity contribution in [2.75, 3.05) is 13.1 Å². The Hall–Kier alpha value is -0.0400. The first kappa shape index (κ1) is 7.60. The van der Waals surface area contributed by atoms with Crippen molar-refractivity contribution >= 4 is 0 Å². The molecule has 0 aromatic heterocycles. The van der Waals surface area contributed by atoms with Crippen molar-refractivity contribution in [2.24, 2.45) is 0 Å². The van der Waals surface area contributed by atoms with Crippen LogP contribution in [0.2, 0.25) is 0 Å². The van der Waals surface area contributed by atoms with Gasteiger partial charge in [-0.2, -0.15) is 0 Å². The van der Waals surface area contributed by atoms with Gasteiger partial charge in [-0.05, 0) is 32.2 Å². The first-order valence-corrected chi connectivity index (χ1v) is 5.02. The quantitative estimate of drug-likeness (QED) is 0.557. The van der Waals surface area contributed by atoms with Gasteiger partial charge < -0.3 is 4.90 Å². The standard InChI is InChI=1S/C10H18N/c1-2-6-10(7-3-1)11-8-4-5-9-11/h4,10H,1-3,5-9H2. The highest BCUT2D eigenvalue weighted by Crippen LogP contribution is 2.24. The summed E-state index contributed by atoms with van der Waals surface area (Å²) < 4.78 is 0. The van der Waals surface area contributed by atoms with Gasteiger partial charge in [-0.15, -0.1) is 0 Å². The van der Waals surface area contributed by atoms with E-state index in [9.17, 15) is 0 Å². The van der Waals surface area contributed by atoms with Crippen LogP contribution in [0, 0.1) is 6.42 Å². The molecule has 1 nitrogen and oxygen atoms in total. The minimum Gasteiger partial charge on any atom is -0.300 e. The maximum absolute atomic E-state index is 2.67. The smallest absolute Gasteiger partial charge is 0.00953 e. The van der Waals surface area contributed by atoms with E-state index in [2.05, 4.69) is 11.3 Å². The first-order valence-electron chi connectivity index (χ1n) is 5.02. The maximum Gasteiger partial charge on any atom is 0.00953 e. The van der Waals surface area contributed by atoms with Gasteiger partial charge in [0, 0.05) is 12.6 Å². The number of rotatable bonds is 1. The van der Waals surface area contributed by atoms with E-state index in [0.29, 0.717) is 0 Å². The Labute approximate surface area is 69.8 Å². The van der Waals surface area contributed by atoms with Crippen LogP contribution in [0.25, 0.3) is 0 Å². The first-order chi connectivity index (χ1) is 5.47. The summed E-state index contributed by atoms with van der Waals surface area (Å²) in [4.78, 5) is 2.67. The van der Waals surface area contributed by atoms with Crippen LogP contribution in [0.3, 0.4) is 0 Å². The number of hydrogen-bond donors (Lipinski definition) is 0. The van der Waals surface area contributed by atoms with Gasteiger partial charge >= 0.3 is 0 Å². The molecule has 0 spiro atoms. The minimum atomic E-state index is 0.947. The summed E-state index contributed by atoms with van der Waals surface area (Å²) in [5.41, 5.74) is 0. The average molecular weight is 152 g/mol. The lowest BCUT2D eigenvalue weighted by Crippen LogP contribution is -2.34. The fourth-order valence-electron chi connectivity index (χ4n) is 2.38. The van der Waals surface area contributed by atoms with Gasteiger partial charge in [-0.3, -0.25) is 0 Å². The summed E-state index contributed by atoms with van der Waals surface area (Å²) >= 11 is 0. The lowest BCUT2D eigenvalue weighted by atomic mass is 9.94. The van der Waals surface area contributed by atoms with Crippen LogP contribution in [0.1, 0.15) is 38.5 Å². The molecular formula is C10H18N. The normalized spacial score (nSPS) is 29.5. The van der Waals surface area contributed by atoms with Crippen LogP contribution in [-0.2, 0) is 0 Å². The monoisotopic (exact) mass is 152 g/mol. The van der Waals surface area contributed by atoms with Crippen LogP contribution in [-0.4, -0.2) is 24.0 Å². The predicted octanol–water partition coefficient (Wildman–Crippen LogP) is 2.23. The minimum absolute atomic E-state index is 0.947. The van der Waals surface area contributed by atoms with Gasteiger partial charge in [0.05, 0.1) is 0 Å². The molecule has 2 rings (SSSR count). The molecule has 2 aliphatic rings. The van der Waals surface area contributed by atoms with E-state index < -0.39 is 0 Å². The Balaban J connectivity index is 1.82. The van der Waals surface area contributed by atoms with E-state index in [-0.39, 0.29) is 0 Å². The Morgan fingerprint density at radius 3 is 2.55 bits per heavy atom. The van der Waals surface area contributed by atoms with E-state index in [0.717, 1.165) is 6.04 Å². The average Bonchev–Trinajstić information content (AvgIpc) is 2.58. The van der Waals surface area contributed by atoms with Gasteiger partial charge in [-0.25, -0.2) is 0 Å². The zero-order valence-electron chi connectivity index (χ0n) is 7.26. The summed E-state index contributed by atoms with van der Waals surface area (Å²) in [6, 6.07) is 0.947. The van der Waals surface area contributed by atoms with Crippen molar-refractivity contribution in [3.8, 4) is 0 Å². The summed E-state index contributed by atoms with van der Waals surface area (Å²) in [6.07, 6.45) is 11.1. The van der Waals surface area contributed by atoms with Crippen LogP contribution < -0.4 is 0 Å². The van der Waals surface area contributed by atoms with E-state index in [4.69, 9.17) is 0 Å². The molecule has 63 valence electrons. The molecule has 1 aliphatic carbocycles. The molecule has 11 heavy (non-hydrogen) atoms. The largest absolute Gasteiger partial charge is 0.300 e. The van der Waals surface area contributed by atoms with Crippen molar-refractivity contribution in [2.45, 2.75) is 44.6 Å². The van der Waals surface area contributed by atoms with Crippen LogP contribution in [0.5, 0.6) is 0 Å². The lowest BCUT2D eigenvalue weighted by Gasteiger charge is -2.30. The molecule has 0 N–H and O–H groups in total. The number of likely N-dealkylation sites (tertiary alicyclic amines) is 1. The van der Waals surface area contributed by atoms with Crippen molar-refractivity contribution < 1.29 is 0 Å². The molecular weight excluding hydrogens is 134 g/mol. The molecule has 1 heterocycles. The molecule has 0 unspecified atom stereocenters. The SMILES string of the molecule is [CH]1CCN(C2CCCCC2)C1. The highest BCUT2D eigenvalue weighted by atomic mass is 15.2. The molecule has 0 amide bonds. The van der Waals surface area contributed by atoms with E-state index in [1.54, 1.807) is 0 Å². The lowest BCUT2D eigenvalue weighted by molar-refractivity contribution is 0.194. The summed E-state index contributed by atoms with van der Waals surface area (Å²) in [6.45, 7) is 2.61. The second-order valence-electron chi connectivity index (χ2n) is 3.86. The molecule has 0 aromatic carbocycles. The molecule has 0 atom stereocenters. The Morgan fingerprint density at radius 1 is 1.09 bits per heavy atom. The summed E-state index contributed by atoms with van der Waals surface area (Å²) in [5.74, 6) is 0. The van der Waals surface area contributed by atoms with Gasteiger partial charge in [-0.1, -0.05) is 19.3 Å². The predicted molar refractivity (Wildman–Crippen MR) is 47.4 cm³/mol.